The maximum Gasteiger partial charge on any atom is 0.266 e. The Morgan fingerprint density at radius 2 is 1.88 bits per heavy atom. The number of hydrogen-bond donors (Lipinski definition) is 2. The second kappa shape index (κ2) is 8.72. The predicted octanol–water partition coefficient (Wildman–Crippen LogP) is 3.67. The zero-order valence-corrected chi connectivity index (χ0v) is 18.6. The van der Waals surface area contributed by atoms with Gasteiger partial charge in [-0.25, -0.2) is 9.97 Å². The van der Waals surface area contributed by atoms with Gasteiger partial charge >= 0.3 is 0 Å². The molecule has 0 radical (unpaired) electrons. The first kappa shape index (κ1) is 21.4. The van der Waals surface area contributed by atoms with Gasteiger partial charge in [0.05, 0.1) is 16.6 Å². The molecule has 4 rings (SSSR count). The first-order valence-electron chi connectivity index (χ1n) is 9.91. The van der Waals surface area contributed by atoms with E-state index in [4.69, 9.17) is 0 Å². The molecule has 162 valence electrons. The summed E-state index contributed by atoms with van der Waals surface area (Å²) in [7, 11) is 0. The molecular formula is C23H21N5O3S. The van der Waals surface area contributed by atoms with Crippen LogP contribution in [0, 0.1) is 20.8 Å². The number of anilines is 2. The molecule has 0 aliphatic heterocycles. The van der Waals surface area contributed by atoms with Crippen molar-refractivity contribution in [2.75, 3.05) is 10.6 Å². The molecule has 1 aromatic carbocycles. The third-order valence-electron chi connectivity index (χ3n) is 5.00. The Labute approximate surface area is 188 Å². The fourth-order valence-electron chi connectivity index (χ4n) is 3.40. The Morgan fingerprint density at radius 1 is 1.06 bits per heavy atom. The molecule has 0 unspecified atom stereocenters. The number of nitrogens with one attached hydrogen (secondary N) is 2. The van der Waals surface area contributed by atoms with Crippen molar-refractivity contribution in [1.82, 2.24) is 14.5 Å². The minimum absolute atomic E-state index is 0.211. The number of rotatable bonds is 5. The molecule has 4 aromatic rings. The minimum Gasteiger partial charge on any atom is -0.321 e. The third kappa shape index (κ3) is 4.28. The number of amides is 2. The summed E-state index contributed by atoms with van der Waals surface area (Å²) in [6.45, 7) is 5.42. The maximum atomic E-state index is 13.0. The van der Waals surface area contributed by atoms with Gasteiger partial charge in [-0.05, 0) is 50.1 Å². The lowest BCUT2D eigenvalue weighted by atomic mass is 10.1. The summed E-state index contributed by atoms with van der Waals surface area (Å²) in [6, 6.07) is 10.9. The van der Waals surface area contributed by atoms with Crippen LogP contribution in [0.15, 0.2) is 53.7 Å². The van der Waals surface area contributed by atoms with Crippen LogP contribution in [0.4, 0.5) is 11.5 Å². The number of benzene rings is 1. The van der Waals surface area contributed by atoms with Crippen LogP contribution in [-0.2, 0) is 11.3 Å². The molecule has 2 amide bonds. The first-order chi connectivity index (χ1) is 15.3. The van der Waals surface area contributed by atoms with Gasteiger partial charge in [-0.15, -0.1) is 11.3 Å². The molecule has 0 atom stereocenters. The van der Waals surface area contributed by atoms with E-state index in [1.54, 1.807) is 31.3 Å². The second-order valence-corrected chi connectivity index (χ2v) is 8.45. The molecule has 32 heavy (non-hydrogen) atoms. The number of carbonyl (C=O) groups is 2. The van der Waals surface area contributed by atoms with Gasteiger partial charge in [0.1, 0.15) is 17.2 Å². The summed E-state index contributed by atoms with van der Waals surface area (Å²) < 4.78 is 1.23. The molecule has 8 nitrogen and oxygen atoms in total. The Kier molecular flexibility index (Phi) is 5.83. The van der Waals surface area contributed by atoms with E-state index in [1.165, 1.54) is 10.9 Å². The number of pyridine rings is 1. The van der Waals surface area contributed by atoms with Crippen LogP contribution in [0.1, 0.15) is 26.4 Å². The van der Waals surface area contributed by atoms with Gasteiger partial charge in [0.25, 0.3) is 11.5 Å². The molecular weight excluding hydrogens is 426 g/mol. The minimum atomic E-state index is -0.396. The number of hydrogen-bond acceptors (Lipinski definition) is 6. The van der Waals surface area contributed by atoms with E-state index in [0.717, 1.165) is 22.5 Å². The first-order valence-corrected chi connectivity index (χ1v) is 10.7. The molecule has 0 aliphatic rings. The monoisotopic (exact) mass is 447 g/mol. The van der Waals surface area contributed by atoms with Crippen molar-refractivity contribution in [3.8, 4) is 0 Å². The highest BCUT2D eigenvalue weighted by Gasteiger charge is 2.20. The van der Waals surface area contributed by atoms with Crippen molar-refractivity contribution in [3.63, 3.8) is 0 Å². The van der Waals surface area contributed by atoms with Crippen LogP contribution in [0.25, 0.3) is 10.2 Å². The van der Waals surface area contributed by atoms with Crippen LogP contribution in [0.5, 0.6) is 0 Å². The maximum absolute atomic E-state index is 13.0. The number of nitrogens with zero attached hydrogens (tertiary/aromatic N) is 3. The van der Waals surface area contributed by atoms with Crippen molar-refractivity contribution in [2.24, 2.45) is 0 Å². The fourth-order valence-corrected chi connectivity index (χ4v) is 4.43. The summed E-state index contributed by atoms with van der Waals surface area (Å²) >= 11 is 1.16. The molecule has 0 aliphatic carbocycles. The van der Waals surface area contributed by atoms with E-state index in [2.05, 4.69) is 20.6 Å². The summed E-state index contributed by atoms with van der Waals surface area (Å²) in [6.07, 6.45) is 2.89. The van der Waals surface area contributed by atoms with E-state index in [1.807, 2.05) is 32.0 Å². The van der Waals surface area contributed by atoms with Crippen molar-refractivity contribution in [1.29, 1.82) is 0 Å². The van der Waals surface area contributed by atoms with Crippen LogP contribution < -0.4 is 16.2 Å². The lowest BCUT2D eigenvalue weighted by Crippen LogP contribution is -2.28. The van der Waals surface area contributed by atoms with E-state index in [9.17, 15) is 14.4 Å². The largest absolute Gasteiger partial charge is 0.321 e. The number of aryl methyl sites for hydroxylation is 3. The lowest BCUT2D eigenvalue weighted by Gasteiger charge is -2.08. The SMILES string of the molecule is Cc1ccc(NC(=O)c2sc3ncn(CC(=O)Nc4ccccn4)c(=O)c3c2C)c(C)c1. The lowest BCUT2D eigenvalue weighted by molar-refractivity contribution is -0.116. The zero-order valence-electron chi connectivity index (χ0n) is 17.8. The average Bonchev–Trinajstić information content (AvgIpc) is 3.10. The molecule has 3 heterocycles. The average molecular weight is 448 g/mol. The molecule has 0 spiro atoms. The van der Waals surface area contributed by atoms with Crippen LogP contribution in [-0.4, -0.2) is 26.3 Å². The predicted molar refractivity (Wildman–Crippen MR) is 125 cm³/mol. The molecule has 3 aromatic heterocycles. The van der Waals surface area contributed by atoms with Gasteiger partial charge in [0.15, 0.2) is 0 Å². The van der Waals surface area contributed by atoms with E-state index >= 15 is 0 Å². The highest BCUT2D eigenvalue weighted by atomic mass is 32.1. The van der Waals surface area contributed by atoms with Crippen molar-refractivity contribution < 1.29 is 9.59 Å². The summed E-state index contributed by atoms with van der Waals surface area (Å²) in [5, 5.41) is 5.90. The molecule has 0 saturated heterocycles. The van der Waals surface area contributed by atoms with Gasteiger partial charge in [-0.1, -0.05) is 23.8 Å². The van der Waals surface area contributed by atoms with Crippen molar-refractivity contribution >= 4 is 44.9 Å². The van der Waals surface area contributed by atoms with Crippen molar-refractivity contribution in [3.05, 3.63) is 80.8 Å². The van der Waals surface area contributed by atoms with E-state index in [0.29, 0.717) is 32.2 Å². The van der Waals surface area contributed by atoms with Crippen LogP contribution in [0.3, 0.4) is 0 Å². The summed E-state index contributed by atoms with van der Waals surface area (Å²) in [4.78, 5) is 47.5. The number of thiophene rings is 1. The van der Waals surface area contributed by atoms with Crippen molar-refractivity contribution in [2.45, 2.75) is 27.3 Å². The van der Waals surface area contributed by atoms with Gasteiger partial charge < -0.3 is 10.6 Å². The Bertz CT molecular complexity index is 1390. The molecule has 0 bridgehead atoms. The van der Waals surface area contributed by atoms with E-state index < -0.39 is 5.91 Å². The Hall–Kier alpha value is -3.85. The molecule has 2 N–H and O–H groups in total. The Morgan fingerprint density at radius 3 is 2.59 bits per heavy atom. The van der Waals surface area contributed by atoms with Gasteiger partial charge in [0, 0.05) is 11.9 Å². The van der Waals surface area contributed by atoms with Gasteiger partial charge in [-0.2, -0.15) is 0 Å². The van der Waals surface area contributed by atoms with Gasteiger partial charge in [-0.3, -0.25) is 19.0 Å². The molecule has 9 heteroatoms. The molecule has 0 fully saturated rings. The topological polar surface area (TPSA) is 106 Å². The quantitative estimate of drug-likeness (QED) is 0.486. The Balaban J connectivity index is 1.60. The summed E-state index contributed by atoms with van der Waals surface area (Å²) in [5.41, 5.74) is 2.95. The van der Waals surface area contributed by atoms with Crippen LogP contribution >= 0.6 is 11.3 Å². The normalized spacial score (nSPS) is 10.8. The number of fused-ring (bicyclic) bond motifs is 1. The summed E-state index contributed by atoms with van der Waals surface area (Å²) in [5.74, 6) is -0.291. The smallest absolute Gasteiger partial charge is 0.266 e. The molecule has 0 saturated carbocycles. The zero-order chi connectivity index (χ0) is 22.8. The second-order valence-electron chi connectivity index (χ2n) is 7.45. The van der Waals surface area contributed by atoms with Gasteiger partial charge in [0.2, 0.25) is 5.91 Å². The number of carbonyl (C=O) groups excluding carboxylic acids is 2. The standard InChI is InChI=1S/C23H21N5O3S/c1-13-7-8-16(14(2)10-13)26-21(30)20-15(3)19-22(32-20)25-12-28(23(19)31)11-18(29)27-17-6-4-5-9-24-17/h4-10,12H,11H2,1-3H3,(H,26,30)(H,24,27,29). The fraction of sp³-hybridized carbons (Fsp3) is 0.174. The highest BCUT2D eigenvalue weighted by molar-refractivity contribution is 7.20. The van der Waals surface area contributed by atoms with Crippen LogP contribution in [0.2, 0.25) is 0 Å². The van der Waals surface area contributed by atoms with E-state index in [-0.39, 0.29) is 18.0 Å². The highest BCUT2D eigenvalue weighted by Crippen LogP contribution is 2.28. The third-order valence-corrected chi connectivity index (χ3v) is 6.20. The number of aromatic nitrogens is 3.